The molecule has 0 spiro atoms. The van der Waals surface area contributed by atoms with Gasteiger partial charge in [-0.15, -0.1) is 0 Å². The van der Waals surface area contributed by atoms with Gasteiger partial charge in [0.05, 0.1) is 7.11 Å². The van der Waals surface area contributed by atoms with Crippen LogP contribution >= 0.6 is 0 Å². The molecule has 0 heterocycles. The number of carbonyl (C=O) groups excluding carboxylic acids is 3. The van der Waals surface area contributed by atoms with E-state index in [2.05, 4.69) is 34.6 Å². The highest BCUT2D eigenvalue weighted by Gasteiger charge is 2.69. The zero-order chi connectivity index (χ0) is 25.8. The second-order valence-corrected chi connectivity index (χ2v) is 13.2. The maximum Gasteiger partial charge on any atom is 0.305 e. The molecule has 4 saturated carbocycles. The van der Waals surface area contributed by atoms with E-state index < -0.39 is 0 Å². The monoisotopic (exact) mass is 488 g/mol. The minimum Gasteiger partial charge on any atom is -0.469 e. The van der Waals surface area contributed by atoms with E-state index in [9.17, 15) is 14.4 Å². The molecule has 35 heavy (non-hydrogen) atoms. The average molecular weight is 489 g/mol. The topological polar surface area (TPSA) is 69.7 Å². The van der Waals surface area contributed by atoms with Gasteiger partial charge in [0.25, 0.3) is 0 Å². The Morgan fingerprint density at radius 2 is 1.77 bits per heavy atom. The average Bonchev–Trinajstić information content (AvgIpc) is 3.15. The van der Waals surface area contributed by atoms with Crippen molar-refractivity contribution in [3.63, 3.8) is 0 Å². The summed E-state index contributed by atoms with van der Waals surface area (Å²) in [6, 6.07) is 0. The second-order valence-electron chi connectivity index (χ2n) is 13.2. The molecule has 0 aromatic heterocycles. The maximum atomic E-state index is 12.8. The van der Waals surface area contributed by atoms with Crippen molar-refractivity contribution in [3.8, 4) is 0 Å². The van der Waals surface area contributed by atoms with Crippen molar-refractivity contribution < 1.29 is 23.9 Å². The van der Waals surface area contributed by atoms with Gasteiger partial charge in [-0.25, -0.2) is 0 Å². The number of hydrogen-bond acceptors (Lipinski definition) is 5. The van der Waals surface area contributed by atoms with Gasteiger partial charge >= 0.3 is 11.9 Å². The molecule has 5 heteroatoms. The Morgan fingerprint density at radius 1 is 1.06 bits per heavy atom. The first kappa shape index (κ1) is 26.7. The van der Waals surface area contributed by atoms with Crippen LogP contribution in [0.15, 0.2) is 0 Å². The van der Waals surface area contributed by atoms with E-state index in [0.29, 0.717) is 54.6 Å². The predicted octanol–water partition coefficient (Wildman–Crippen LogP) is 6.37. The fraction of sp³-hybridized carbons (Fsp3) is 0.900. The van der Waals surface area contributed by atoms with Crippen LogP contribution in [0.3, 0.4) is 0 Å². The molecule has 0 aliphatic heterocycles. The van der Waals surface area contributed by atoms with E-state index >= 15 is 0 Å². The molecule has 4 rings (SSSR count). The molecular weight excluding hydrogens is 440 g/mol. The third kappa shape index (κ3) is 4.07. The minimum absolute atomic E-state index is 0.0961. The summed E-state index contributed by atoms with van der Waals surface area (Å²) in [7, 11) is 1.47. The highest BCUT2D eigenvalue weighted by atomic mass is 16.5. The fourth-order valence-corrected chi connectivity index (χ4v) is 10.2. The molecule has 4 aliphatic rings. The van der Waals surface area contributed by atoms with E-state index in [1.807, 2.05) is 0 Å². The Hall–Kier alpha value is -1.39. The van der Waals surface area contributed by atoms with Crippen molar-refractivity contribution in [2.75, 3.05) is 7.11 Å². The van der Waals surface area contributed by atoms with Crippen LogP contribution in [-0.4, -0.2) is 30.9 Å². The third-order valence-electron chi connectivity index (χ3n) is 12.1. The largest absolute Gasteiger partial charge is 0.469 e. The molecular formula is C30H48O5. The number of Topliss-reactive ketones (excluding diaryl/α,β-unsaturated/α-hetero) is 1. The van der Waals surface area contributed by atoms with Crippen molar-refractivity contribution in [2.24, 2.45) is 51.8 Å². The predicted molar refractivity (Wildman–Crippen MR) is 135 cm³/mol. The Morgan fingerprint density at radius 3 is 2.40 bits per heavy atom. The van der Waals surface area contributed by atoms with E-state index in [-0.39, 0.29) is 40.2 Å². The quantitative estimate of drug-likeness (QED) is 0.406. The van der Waals surface area contributed by atoms with Crippen LogP contribution < -0.4 is 0 Å². The summed E-state index contributed by atoms with van der Waals surface area (Å²) in [4.78, 5) is 37.0. The third-order valence-corrected chi connectivity index (χ3v) is 12.1. The number of carbonyl (C=O) groups is 3. The molecule has 0 aromatic carbocycles. The number of esters is 2. The van der Waals surface area contributed by atoms with Crippen LogP contribution in [0, 0.1) is 51.8 Å². The van der Waals surface area contributed by atoms with Gasteiger partial charge in [0.15, 0.2) is 0 Å². The normalized spacial score (nSPS) is 45.6. The molecule has 4 aliphatic carbocycles. The van der Waals surface area contributed by atoms with E-state index in [1.165, 1.54) is 26.4 Å². The van der Waals surface area contributed by atoms with Gasteiger partial charge in [-0.2, -0.15) is 0 Å². The van der Waals surface area contributed by atoms with Crippen molar-refractivity contribution >= 4 is 17.7 Å². The standard InChI is InChI=1S/C30H48O5/c1-8-21-27(35-19(3)31)26-23-11-10-22(18(2)9-12-25(33)34-7)28(23,4)15-14-24(26)29(5)16-13-20(32)17-30(21,29)6/h18,21-24,26-27H,8-17H2,1-7H3/t18-,21+,22-,23+,24+,26+,27-,28-,29-,30+/m1/s1. The highest BCUT2D eigenvalue weighted by Crippen LogP contribution is 2.73. The van der Waals surface area contributed by atoms with Gasteiger partial charge in [0, 0.05) is 38.0 Å². The minimum atomic E-state index is -0.185. The summed E-state index contributed by atoms with van der Waals surface area (Å²) in [5.74, 6) is 2.68. The molecule has 0 radical (unpaired) electrons. The lowest BCUT2D eigenvalue weighted by molar-refractivity contribution is -0.238. The first-order chi connectivity index (χ1) is 16.4. The van der Waals surface area contributed by atoms with Crippen LogP contribution in [0.25, 0.3) is 0 Å². The highest BCUT2D eigenvalue weighted by molar-refractivity contribution is 5.80. The van der Waals surface area contributed by atoms with Crippen molar-refractivity contribution in [2.45, 2.75) is 112 Å². The summed E-state index contributed by atoms with van der Waals surface area (Å²) >= 11 is 0. The van der Waals surface area contributed by atoms with Gasteiger partial charge in [0.1, 0.15) is 11.9 Å². The van der Waals surface area contributed by atoms with Crippen molar-refractivity contribution in [1.82, 2.24) is 0 Å². The molecule has 10 atom stereocenters. The second kappa shape index (κ2) is 9.49. The molecule has 198 valence electrons. The number of fused-ring (bicyclic) bond motifs is 5. The lowest BCUT2D eigenvalue weighted by atomic mass is 9.37. The maximum absolute atomic E-state index is 12.8. The Kier molecular flexibility index (Phi) is 7.23. The van der Waals surface area contributed by atoms with Crippen LogP contribution in [-0.2, 0) is 23.9 Å². The molecule has 0 amide bonds. The molecule has 0 aromatic rings. The number of rotatable bonds is 6. The summed E-state index contributed by atoms with van der Waals surface area (Å²) in [6.45, 7) is 13.4. The van der Waals surface area contributed by atoms with E-state index in [0.717, 1.165) is 25.7 Å². The molecule has 0 N–H and O–H groups in total. The summed E-state index contributed by atoms with van der Waals surface area (Å²) in [5, 5.41) is 0. The first-order valence-corrected chi connectivity index (χ1v) is 14.2. The SMILES string of the molecule is CC[C@H]1[C@@H](OC(C)=O)[C@H]2[C@@H]3CC[C@H]([C@H](C)CCC(=O)OC)[C@@]3(C)CC[C@@H]2[C@@]2(C)CCC(=O)C[C@@]12C. The molecule has 0 bridgehead atoms. The van der Waals surface area contributed by atoms with Gasteiger partial charge in [-0.3, -0.25) is 14.4 Å². The number of hydrogen-bond donors (Lipinski definition) is 0. The van der Waals surface area contributed by atoms with Gasteiger partial charge < -0.3 is 9.47 Å². The van der Waals surface area contributed by atoms with Crippen LogP contribution in [0.5, 0.6) is 0 Å². The smallest absolute Gasteiger partial charge is 0.305 e. The summed E-state index contributed by atoms with van der Waals surface area (Å²) in [6.07, 6.45) is 9.15. The van der Waals surface area contributed by atoms with Gasteiger partial charge in [0.2, 0.25) is 0 Å². The van der Waals surface area contributed by atoms with Gasteiger partial charge in [-0.1, -0.05) is 34.6 Å². The van der Waals surface area contributed by atoms with Crippen molar-refractivity contribution in [3.05, 3.63) is 0 Å². The Balaban J connectivity index is 1.70. The Bertz CT molecular complexity index is 852. The molecule has 0 saturated heterocycles. The van der Waals surface area contributed by atoms with E-state index in [1.54, 1.807) is 6.92 Å². The molecule has 0 unspecified atom stereocenters. The summed E-state index contributed by atoms with van der Waals surface area (Å²) in [5.41, 5.74) is 0.165. The lowest BCUT2D eigenvalue weighted by Gasteiger charge is -2.68. The lowest BCUT2D eigenvalue weighted by Crippen LogP contribution is -2.66. The number of ketones is 1. The first-order valence-electron chi connectivity index (χ1n) is 14.2. The molecule has 5 nitrogen and oxygen atoms in total. The van der Waals surface area contributed by atoms with Gasteiger partial charge in [-0.05, 0) is 84.9 Å². The van der Waals surface area contributed by atoms with Crippen LogP contribution in [0.1, 0.15) is 106 Å². The Labute approximate surface area is 212 Å². The number of methoxy groups -OCH3 is 1. The zero-order valence-corrected chi connectivity index (χ0v) is 23.2. The fourth-order valence-electron chi connectivity index (χ4n) is 10.2. The van der Waals surface area contributed by atoms with Crippen molar-refractivity contribution in [1.29, 1.82) is 0 Å². The zero-order valence-electron chi connectivity index (χ0n) is 23.2. The number of ether oxygens (including phenoxy) is 2. The van der Waals surface area contributed by atoms with Crippen LogP contribution in [0.4, 0.5) is 0 Å². The summed E-state index contributed by atoms with van der Waals surface area (Å²) < 4.78 is 11.2. The van der Waals surface area contributed by atoms with Crippen LogP contribution in [0.2, 0.25) is 0 Å². The van der Waals surface area contributed by atoms with E-state index in [4.69, 9.17) is 9.47 Å². The molecule has 4 fully saturated rings.